The minimum atomic E-state index is -1.50. The Hall–Kier alpha value is -3.57. The van der Waals surface area contributed by atoms with Crippen LogP contribution in [-0.4, -0.2) is 107 Å². The third kappa shape index (κ3) is 12.2. The van der Waals surface area contributed by atoms with Crippen molar-refractivity contribution in [2.24, 2.45) is 5.92 Å². The number of fused-ring (bicyclic) bond motifs is 5. The van der Waals surface area contributed by atoms with Gasteiger partial charge in [-0.05, 0) is 110 Å². The lowest BCUT2D eigenvalue weighted by Crippen LogP contribution is -2.51. The van der Waals surface area contributed by atoms with Crippen molar-refractivity contribution in [3.05, 3.63) is 88.0 Å². The van der Waals surface area contributed by atoms with Crippen molar-refractivity contribution in [2.75, 3.05) is 13.2 Å². The van der Waals surface area contributed by atoms with Crippen molar-refractivity contribution in [3.8, 4) is 17.6 Å². The fourth-order valence-corrected chi connectivity index (χ4v) is 8.26. The van der Waals surface area contributed by atoms with Crippen LogP contribution in [0.5, 0.6) is 5.75 Å². The second-order valence-corrected chi connectivity index (χ2v) is 15.9. The Kier molecular flexibility index (Phi) is 17.1. The number of phenolic OH excluding ortho intramolecular Hbond substituents is 1. The molecule has 2 aromatic carbocycles. The van der Waals surface area contributed by atoms with E-state index in [4.69, 9.17) is 0 Å². The zero-order valence-corrected chi connectivity index (χ0v) is 33.0. The Morgan fingerprint density at radius 3 is 2.38 bits per heavy atom. The summed E-state index contributed by atoms with van der Waals surface area (Å²) < 4.78 is 0. The van der Waals surface area contributed by atoms with E-state index in [0.717, 1.165) is 35.1 Å². The van der Waals surface area contributed by atoms with Crippen LogP contribution in [-0.2, 0) is 17.6 Å². The minimum absolute atomic E-state index is 0.00176. The molecule has 10 N–H and O–H groups in total. The number of β-amino-alcohol motifs (C(OH)–C–C–N with tert-alkyl or cyclic N) is 1. The highest BCUT2D eigenvalue weighted by Gasteiger charge is 2.39. The van der Waals surface area contributed by atoms with Crippen LogP contribution >= 0.6 is 0 Å². The number of aromatic hydroxyl groups is 1. The third-order valence-electron chi connectivity index (χ3n) is 11.5. The molecule has 0 amide bonds. The molecular formula is C45H63NO10. The van der Waals surface area contributed by atoms with Crippen molar-refractivity contribution in [3.63, 3.8) is 0 Å². The Morgan fingerprint density at radius 1 is 0.982 bits per heavy atom. The van der Waals surface area contributed by atoms with Crippen LogP contribution in [0.4, 0.5) is 0 Å². The van der Waals surface area contributed by atoms with E-state index in [-0.39, 0.29) is 38.0 Å². The summed E-state index contributed by atoms with van der Waals surface area (Å²) in [5.74, 6) is 4.34. The molecule has 0 aromatic heterocycles. The molecule has 0 saturated carbocycles. The van der Waals surface area contributed by atoms with Crippen LogP contribution in [0.2, 0.25) is 0 Å². The molecule has 11 heteroatoms. The largest absolute Gasteiger partial charge is 0.508 e. The van der Waals surface area contributed by atoms with Crippen molar-refractivity contribution in [2.45, 2.75) is 145 Å². The molecule has 0 fully saturated rings. The van der Waals surface area contributed by atoms with Gasteiger partial charge in [0.15, 0.2) is 0 Å². The van der Waals surface area contributed by atoms with E-state index in [1.165, 1.54) is 0 Å². The van der Waals surface area contributed by atoms with Crippen LogP contribution < -0.4 is 5.32 Å². The summed E-state index contributed by atoms with van der Waals surface area (Å²) in [5.41, 5.74) is 3.78. The fourth-order valence-electron chi connectivity index (χ4n) is 8.26. The van der Waals surface area contributed by atoms with Gasteiger partial charge in [0.25, 0.3) is 0 Å². The van der Waals surface area contributed by atoms with Gasteiger partial charge in [0.2, 0.25) is 0 Å². The summed E-state index contributed by atoms with van der Waals surface area (Å²) in [7, 11) is 0. The molecule has 1 aliphatic heterocycles. The average Bonchev–Trinajstić information content (AvgIpc) is 3.17. The number of benzene rings is 2. The average molecular weight is 778 g/mol. The monoisotopic (exact) mass is 777 g/mol. The van der Waals surface area contributed by atoms with Crippen molar-refractivity contribution in [1.82, 2.24) is 5.32 Å². The normalized spacial score (nSPS) is 25.8. The van der Waals surface area contributed by atoms with Crippen LogP contribution in [0.1, 0.15) is 113 Å². The lowest BCUT2D eigenvalue weighted by Gasteiger charge is -2.40. The van der Waals surface area contributed by atoms with E-state index in [1.54, 1.807) is 43.3 Å². The number of carboxylic acid groups (broad SMARTS) is 1. The molecular weight excluding hydrogens is 714 g/mol. The zero-order chi connectivity index (χ0) is 41.0. The maximum absolute atomic E-state index is 12.3. The van der Waals surface area contributed by atoms with E-state index in [9.17, 15) is 50.8 Å². The van der Waals surface area contributed by atoms with Crippen LogP contribution in [0.25, 0.3) is 0 Å². The fraction of sp³-hybridized carbons (Fsp3) is 0.578. The van der Waals surface area contributed by atoms with Crippen LogP contribution in [0.3, 0.4) is 0 Å². The number of carbonyl (C=O) groups is 1. The number of hydrogen-bond acceptors (Lipinski definition) is 10. The van der Waals surface area contributed by atoms with Crippen molar-refractivity contribution >= 4 is 5.97 Å². The van der Waals surface area contributed by atoms with E-state index in [2.05, 4.69) is 36.2 Å². The van der Waals surface area contributed by atoms with E-state index >= 15 is 0 Å². The number of phenols is 1. The van der Waals surface area contributed by atoms with Gasteiger partial charge in [-0.25, -0.2) is 0 Å². The first-order chi connectivity index (χ1) is 26.7. The molecule has 0 saturated heterocycles. The standard InChI is InChI=1S/C45H63NO10/c1-4-6-10-38(50)39(51)20-16-29-11-12-31-9-7-8-28(5-2)43(31)32-15-19-37(30-13-17-34(48)18-14-30)45(3,56)27-46-44(36(29)25-35(49)26-47)33(23-32)24-41(53)40(52)21-22-42(54)55/h7-9,13-14,16-18,20,32-33,35,37-41,44,46-53,56H,4-6,10-12,21-27H2,1-3H3,(H,54,55). The van der Waals surface area contributed by atoms with Gasteiger partial charge in [-0.15, -0.1) is 0 Å². The number of aliphatic hydroxyl groups is 7. The SMILES string of the molecule is CCCCC(O)C(O)C=CC1=C(CC(O)CO)C2NCC(C)(O)C(c3ccc(O)cc3)C#CC(CC2CC(O)C(O)CCC(=O)O)c2c(CC)cccc2CC1. The molecule has 2 bridgehead atoms. The van der Waals surface area contributed by atoms with Gasteiger partial charge in [-0.2, -0.15) is 0 Å². The molecule has 2 aromatic rings. The predicted molar refractivity (Wildman–Crippen MR) is 215 cm³/mol. The smallest absolute Gasteiger partial charge is 0.303 e. The highest BCUT2D eigenvalue weighted by molar-refractivity contribution is 5.66. The van der Waals surface area contributed by atoms with Gasteiger partial charge >= 0.3 is 5.97 Å². The van der Waals surface area contributed by atoms with E-state index < -0.39 is 72.5 Å². The number of carboxylic acids is 1. The number of hydrogen-bond donors (Lipinski definition) is 10. The molecule has 10 atom stereocenters. The molecule has 2 aliphatic rings. The summed E-state index contributed by atoms with van der Waals surface area (Å²) in [6.45, 7) is 5.21. The number of aliphatic hydroxyl groups excluding tert-OH is 6. The molecule has 1 aliphatic carbocycles. The minimum Gasteiger partial charge on any atom is -0.508 e. The van der Waals surface area contributed by atoms with E-state index in [0.29, 0.717) is 43.2 Å². The summed E-state index contributed by atoms with van der Waals surface area (Å²) in [5, 5.41) is 101. The molecule has 0 spiro atoms. The summed E-state index contributed by atoms with van der Waals surface area (Å²) in [6.07, 6.45) is 0.959. The quantitative estimate of drug-likeness (QED) is 0.104. The van der Waals surface area contributed by atoms with Gasteiger partial charge in [0.1, 0.15) is 5.75 Å². The summed E-state index contributed by atoms with van der Waals surface area (Å²) in [4.78, 5) is 11.4. The van der Waals surface area contributed by atoms with Gasteiger partial charge in [-0.3, -0.25) is 4.79 Å². The summed E-state index contributed by atoms with van der Waals surface area (Å²) in [6, 6.07) is 12.0. The highest BCUT2D eigenvalue weighted by atomic mass is 16.4. The number of aliphatic carboxylic acids is 1. The molecule has 4 rings (SSSR count). The lowest BCUT2D eigenvalue weighted by atomic mass is 9.72. The zero-order valence-electron chi connectivity index (χ0n) is 33.0. The Morgan fingerprint density at radius 2 is 1.71 bits per heavy atom. The maximum atomic E-state index is 12.3. The van der Waals surface area contributed by atoms with E-state index in [1.807, 2.05) is 13.0 Å². The highest BCUT2D eigenvalue weighted by Crippen LogP contribution is 2.41. The predicted octanol–water partition coefficient (Wildman–Crippen LogP) is 3.99. The lowest BCUT2D eigenvalue weighted by molar-refractivity contribution is -0.138. The number of nitrogens with one attached hydrogen (secondary N) is 1. The van der Waals surface area contributed by atoms with Crippen molar-refractivity contribution in [1.29, 1.82) is 0 Å². The molecule has 56 heavy (non-hydrogen) atoms. The molecule has 308 valence electrons. The van der Waals surface area contributed by atoms with Gasteiger partial charge in [-0.1, -0.05) is 81.0 Å². The van der Waals surface area contributed by atoms with Crippen LogP contribution in [0.15, 0.2) is 65.8 Å². The maximum Gasteiger partial charge on any atom is 0.303 e. The number of unbranched alkanes of at least 4 members (excludes halogenated alkanes) is 1. The Labute approximate surface area is 331 Å². The number of aryl methyl sites for hydroxylation is 2. The second kappa shape index (κ2) is 21.3. The second-order valence-electron chi connectivity index (χ2n) is 15.9. The van der Waals surface area contributed by atoms with Crippen molar-refractivity contribution < 1.29 is 50.8 Å². The number of rotatable bonds is 17. The molecule has 11 nitrogen and oxygen atoms in total. The molecule has 10 unspecified atom stereocenters. The summed E-state index contributed by atoms with van der Waals surface area (Å²) >= 11 is 0. The molecule has 1 heterocycles. The number of allylic oxidation sites excluding steroid dienone is 2. The van der Waals surface area contributed by atoms with Gasteiger partial charge < -0.3 is 51.3 Å². The first kappa shape index (κ1) is 45.1. The Balaban J connectivity index is 2.02. The van der Waals surface area contributed by atoms with Gasteiger partial charge in [0, 0.05) is 24.9 Å². The van der Waals surface area contributed by atoms with Crippen LogP contribution in [0, 0.1) is 17.8 Å². The topological polar surface area (TPSA) is 211 Å². The first-order valence-electron chi connectivity index (χ1n) is 20.2. The molecule has 0 radical (unpaired) electrons. The first-order valence-corrected chi connectivity index (χ1v) is 20.2. The third-order valence-corrected chi connectivity index (χ3v) is 11.5. The van der Waals surface area contributed by atoms with Gasteiger partial charge in [0.05, 0.1) is 48.6 Å². The Bertz CT molecular complexity index is 1690.